The minimum absolute atomic E-state index is 0.208. The molecule has 16 heavy (non-hydrogen) atoms. The van der Waals surface area contributed by atoms with Crippen LogP contribution in [0.2, 0.25) is 0 Å². The van der Waals surface area contributed by atoms with Crippen molar-refractivity contribution >= 4 is 17.1 Å². The number of ketones is 1. The summed E-state index contributed by atoms with van der Waals surface area (Å²) in [6.07, 6.45) is -0.303. The summed E-state index contributed by atoms with van der Waals surface area (Å²) < 4.78 is 26.5. The molecule has 0 aliphatic carbocycles. The Morgan fingerprint density at radius 1 is 1.31 bits per heavy atom. The summed E-state index contributed by atoms with van der Waals surface area (Å²) in [5.74, 6) is -1.79. The number of carbonyl (C=O) groups excluding carboxylic acids is 1. The number of Topliss-reactive ketones (excluding diaryl/α,β-unsaturated/α-hetero) is 1. The second-order valence-corrected chi connectivity index (χ2v) is 3.89. The third kappa shape index (κ3) is 2.14. The SMILES string of the molecule is O=C(Cc1c(F)cccc1F)c1cscn1. The van der Waals surface area contributed by atoms with Crippen molar-refractivity contribution in [2.24, 2.45) is 0 Å². The summed E-state index contributed by atoms with van der Waals surface area (Å²) in [6, 6.07) is 3.53. The maximum atomic E-state index is 13.2. The fraction of sp³-hybridized carbons (Fsp3) is 0.0909. The lowest BCUT2D eigenvalue weighted by molar-refractivity contribution is 0.0986. The van der Waals surface area contributed by atoms with E-state index in [4.69, 9.17) is 0 Å². The largest absolute Gasteiger partial charge is 0.292 e. The average Bonchev–Trinajstić information content (AvgIpc) is 2.76. The summed E-state index contributed by atoms with van der Waals surface area (Å²) in [5, 5.41) is 1.56. The Labute approximate surface area is 94.6 Å². The lowest BCUT2D eigenvalue weighted by Gasteiger charge is -2.02. The highest BCUT2D eigenvalue weighted by Gasteiger charge is 2.15. The molecular formula is C11H7F2NOS. The number of benzene rings is 1. The molecule has 1 heterocycles. The first-order valence-corrected chi connectivity index (χ1v) is 5.47. The van der Waals surface area contributed by atoms with E-state index in [-0.39, 0.29) is 23.5 Å². The van der Waals surface area contributed by atoms with Gasteiger partial charge in [0, 0.05) is 17.4 Å². The van der Waals surface area contributed by atoms with Crippen LogP contribution < -0.4 is 0 Å². The molecule has 0 fully saturated rings. The monoisotopic (exact) mass is 239 g/mol. The highest BCUT2D eigenvalue weighted by Crippen LogP contribution is 2.15. The lowest BCUT2D eigenvalue weighted by Crippen LogP contribution is -2.07. The second-order valence-electron chi connectivity index (χ2n) is 3.17. The maximum Gasteiger partial charge on any atom is 0.186 e. The molecule has 82 valence electrons. The van der Waals surface area contributed by atoms with Crippen molar-refractivity contribution in [3.05, 3.63) is 52.0 Å². The molecule has 0 atom stereocenters. The smallest absolute Gasteiger partial charge is 0.186 e. The molecule has 0 saturated carbocycles. The van der Waals surface area contributed by atoms with Crippen LogP contribution in [0.25, 0.3) is 0 Å². The number of thiazole rings is 1. The van der Waals surface area contributed by atoms with Crippen molar-refractivity contribution < 1.29 is 13.6 Å². The minimum atomic E-state index is -0.705. The summed E-state index contributed by atoms with van der Waals surface area (Å²) >= 11 is 1.27. The van der Waals surface area contributed by atoms with Crippen LogP contribution in [0, 0.1) is 11.6 Å². The molecule has 0 spiro atoms. The molecule has 0 saturated heterocycles. The van der Waals surface area contributed by atoms with Crippen LogP contribution in [0.1, 0.15) is 16.1 Å². The normalized spacial score (nSPS) is 10.4. The Bertz CT molecular complexity index is 490. The van der Waals surface area contributed by atoms with Gasteiger partial charge in [-0.3, -0.25) is 4.79 Å². The Hall–Kier alpha value is -1.62. The van der Waals surface area contributed by atoms with Gasteiger partial charge in [-0.25, -0.2) is 13.8 Å². The van der Waals surface area contributed by atoms with Gasteiger partial charge < -0.3 is 0 Å². The van der Waals surface area contributed by atoms with Gasteiger partial charge in [-0.2, -0.15) is 0 Å². The first-order valence-electron chi connectivity index (χ1n) is 4.53. The van der Waals surface area contributed by atoms with Crippen molar-refractivity contribution in [2.45, 2.75) is 6.42 Å². The van der Waals surface area contributed by atoms with Gasteiger partial charge in [0.15, 0.2) is 5.78 Å². The molecule has 0 aliphatic heterocycles. The van der Waals surface area contributed by atoms with Crippen molar-refractivity contribution in [1.82, 2.24) is 4.98 Å². The standard InChI is InChI=1S/C11H7F2NOS/c12-8-2-1-3-9(13)7(8)4-11(15)10-5-16-6-14-10/h1-3,5-6H,4H2. The van der Waals surface area contributed by atoms with Gasteiger partial charge in [-0.05, 0) is 12.1 Å². The van der Waals surface area contributed by atoms with Crippen LogP contribution >= 0.6 is 11.3 Å². The highest BCUT2D eigenvalue weighted by molar-refractivity contribution is 7.07. The zero-order valence-corrected chi connectivity index (χ0v) is 8.93. The van der Waals surface area contributed by atoms with Crippen LogP contribution in [0.4, 0.5) is 8.78 Å². The number of hydrogen-bond donors (Lipinski definition) is 0. The summed E-state index contributed by atoms with van der Waals surface area (Å²) in [6.45, 7) is 0. The van der Waals surface area contributed by atoms with Crippen LogP contribution in [0.3, 0.4) is 0 Å². The van der Waals surface area contributed by atoms with Gasteiger partial charge in [0.25, 0.3) is 0 Å². The maximum absolute atomic E-state index is 13.2. The van der Waals surface area contributed by atoms with Gasteiger partial charge in [-0.1, -0.05) is 6.07 Å². The summed E-state index contributed by atoms with van der Waals surface area (Å²) in [5.41, 5.74) is 1.54. The molecule has 0 unspecified atom stereocenters. The molecule has 0 radical (unpaired) electrons. The Kier molecular flexibility index (Phi) is 3.05. The molecule has 1 aromatic heterocycles. The molecule has 0 aliphatic rings. The van der Waals surface area contributed by atoms with Crippen molar-refractivity contribution in [3.8, 4) is 0 Å². The third-order valence-electron chi connectivity index (χ3n) is 2.12. The van der Waals surface area contributed by atoms with E-state index in [1.165, 1.54) is 22.9 Å². The Balaban J connectivity index is 2.25. The fourth-order valence-electron chi connectivity index (χ4n) is 1.30. The van der Waals surface area contributed by atoms with Crippen molar-refractivity contribution in [2.75, 3.05) is 0 Å². The highest BCUT2D eigenvalue weighted by atomic mass is 32.1. The number of nitrogens with zero attached hydrogens (tertiary/aromatic N) is 1. The molecule has 2 aromatic rings. The van der Waals surface area contributed by atoms with Gasteiger partial charge in [-0.15, -0.1) is 11.3 Å². The number of aromatic nitrogens is 1. The van der Waals surface area contributed by atoms with E-state index in [9.17, 15) is 13.6 Å². The molecular weight excluding hydrogens is 232 g/mol. The van der Waals surface area contributed by atoms with Crippen molar-refractivity contribution in [3.63, 3.8) is 0 Å². The second kappa shape index (κ2) is 4.49. The number of hydrogen-bond acceptors (Lipinski definition) is 3. The topological polar surface area (TPSA) is 30.0 Å². The number of rotatable bonds is 3. The van der Waals surface area contributed by atoms with Gasteiger partial charge in [0.05, 0.1) is 5.51 Å². The third-order valence-corrected chi connectivity index (χ3v) is 2.70. The van der Waals surface area contributed by atoms with E-state index in [0.29, 0.717) is 0 Å². The van der Waals surface area contributed by atoms with Crippen LogP contribution in [-0.2, 0) is 6.42 Å². The molecule has 0 amide bonds. The summed E-state index contributed by atoms with van der Waals surface area (Å²) in [4.78, 5) is 15.4. The molecule has 2 nitrogen and oxygen atoms in total. The Morgan fingerprint density at radius 3 is 2.56 bits per heavy atom. The summed E-state index contributed by atoms with van der Waals surface area (Å²) in [7, 11) is 0. The molecule has 0 bridgehead atoms. The predicted octanol–water partition coefficient (Wildman–Crippen LogP) is 2.85. The fourth-order valence-corrected chi connectivity index (χ4v) is 1.86. The van der Waals surface area contributed by atoms with E-state index in [1.807, 2.05) is 0 Å². The van der Waals surface area contributed by atoms with E-state index in [2.05, 4.69) is 4.98 Å². The van der Waals surface area contributed by atoms with E-state index in [1.54, 1.807) is 5.38 Å². The molecule has 0 N–H and O–H groups in total. The minimum Gasteiger partial charge on any atom is -0.292 e. The van der Waals surface area contributed by atoms with Gasteiger partial charge in [0.1, 0.15) is 17.3 Å². The molecule has 5 heteroatoms. The number of halogens is 2. The zero-order valence-electron chi connectivity index (χ0n) is 8.11. The van der Waals surface area contributed by atoms with Crippen LogP contribution in [-0.4, -0.2) is 10.8 Å². The first kappa shape index (κ1) is 10.9. The lowest BCUT2D eigenvalue weighted by atomic mass is 10.1. The van der Waals surface area contributed by atoms with Crippen molar-refractivity contribution in [1.29, 1.82) is 0 Å². The molecule has 2 rings (SSSR count). The van der Waals surface area contributed by atoms with E-state index in [0.717, 1.165) is 12.1 Å². The van der Waals surface area contributed by atoms with E-state index >= 15 is 0 Å². The van der Waals surface area contributed by atoms with E-state index < -0.39 is 11.6 Å². The van der Waals surface area contributed by atoms with Gasteiger partial charge in [0.2, 0.25) is 0 Å². The quantitative estimate of drug-likeness (QED) is 0.771. The Morgan fingerprint density at radius 2 is 2.00 bits per heavy atom. The van der Waals surface area contributed by atoms with Crippen LogP contribution in [0.5, 0.6) is 0 Å². The number of carbonyl (C=O) groups is 1. The average molecular weight is 239 g/mol. The predicted molar refractivity (Wildman–Crippen MR) is 56.5 cm³/mol. The molecule has 1 aromatic carbocycles. The first-order chi connectivity index (χ1) is 7.68. The zero-order chi connectivity index (χ0) is 11.5. The van der Waals surface area contributed by atoms with Gasteiger partial charge >= 0.3 is 0 Å². The van der Waals surface area contributed by atoms with Crippen LogP contribution in [0.15, 0.2) is 29.1 Å².